The van der Waals surface area contributed by atoms with E-state index in [0.717, 1.165) is 60.9 Å². The Bertz CT molecular complexity index is 2990. The molecule has 3 heterocycles. The van der Waals surface area contributed by atoms with Gasteiger partial charge in [-0.05, 0) is 82.9 Å². The molecule has 0 saturated carbocycles. The number of nitriles is 1. The quantitative estimate of drug-likeness (QED) is 0.193. The van der Waals surface area contributed by atoms with Crippen molar-refractivity contribution in [1.29, 1.82) is 5.26 Å². The Morgan fingerprint density at radius 2 is 0.980 bits per heavy atom. The molecule has 4 nitrogen and oxygen atoms in total. The van der Waals surface area contributed by atoms with Crippen LogP contribution in [0.4, 0.5) is 0 Å². The lowest BCUT2D eigenvalue weighted by Gasteiger charge is -2.11. The molecule has 0 unspecified atom stereocenters. The van der Waals surface area contributed by atoms with Crippen LogP contribution in [-0.4, -0.2) is 14.1 Å². The number of hydrogen-bond acceptors (Lipinski definition) is 2. The van der Waals surface area contributed by atoms with Crippen molar-refractivity contribution in [2.24, 2.45) is 0 Å². The van der Waals surface area contributed by atoms with Gasteiger partial charge in [0.1, 0.15) is 5.82 Å². The molecule has 7 aromatic carbocycles. The number of aromatic nitrogens is 3. The molecule has 50 heavy (non-hydrogen) atoms. The van der Waals surface area contributed by atoms with E-state index in [1.807, 2.05) is 30.3 Å². The zero-order chi connectivity index (χ0) is 33.2. The number of para-hydroxylation sites is 4. The topological polar surface area (TPSA) is 46.5 Å². The van der Waals surface area contributed by atoms with E-state index < -0.39 is 0 Å². The highest BCUT2D eigenvalue weighted by Gasteiger charge is 2.17. The van der Waals surface area contributed by atoms with Gasteiger partial charge in [-0.25, -0.2) is 4.98 Å². The third-order valence-electron chi connectivity index (χ3n) is 9.94. The Hall–Kier alpha value is -6.96. The molecular weight excluding hydrogens is 609 g/mol. The molecule has 0 aliphatic rings. The van der Waals surface area contributed by atoms with Crippen LogP contribution in [0.1, 0.15) is 5.56 Å². The maximum absolute atomic E-state index is 10.1. The molecular formula is C46H28N4. The van der Waals surface area contributed by atoms with Crippen LogP contribution in [0.5, 0.6) is 0 Å². The van der Waals surface area contributed by atoms with Gasteiger partial charge in [-0.15, -0.1) is 0 Å². The average Bonchev–Trinajstić information content (AvgIpc) is 3.70. The van der Waals surface area contributed by atoms with Crippen LogP contribution in [0.2, 0.25) is 0 Å². The molecule has 0 atom stereocenters. The second-order valence-corrected chi connectivity index (χ2v) is 12.7. The fourth-order valence-electron chi connectivity index (χ4n) is 7.65. The third-order valence-corrected chi connectivity index (χ3v) is 9.94. The lowest BCUT2D eigenvalue weighted by Crippen LogP contribution is -1.99. The maximum atomic E-state index is 10.1. The van der Waals surface area contributed by atoms with Gasteiger partial charge in [-0.3, -0.25) is 4.57 Å². The first-order valence-corrected chi connectivity index (χ1v) is 16.8. The second-order valence-electron chi connectivity index (χ2n) is 12.7. The van der Waals surface area contributed by atoms with Gasteiger partial charge in [0, 0.05) is 32.6 Å². The fraction of sp³-hybridized carbons (Fsp3) is 0. The van der Waals surface area contributed by atoms with Gasteiger partial charge in [0.25, 0.3) is 0 Å². The van der Waals surface area contributed by atoms with Gasteiger partial charge in [0.05, 0.1) is 39.2 Å². The van der Waals surface area contributed by atoms with Gasteiger partial charge in [0.15, 0.2) is 0 Å². The number of benzene rings is 7. The molecule has 0 aliphatic heterocycles. The van der Waals surface area contributed by atoms with Gasteiger partial charge < -0.3 is 4.57 Å². The number of nitrogens with zero attached hydrogens (tertiary/aromatic N) is 4. The third kappa shape index (κ3) is 4.28. The van der Waals surface area contributed by atoms with Crippen molar-refractivity contribution in [3.05, 3.63) is 175 Å². The maximum Gasteiger partial charge on any atom is 0.139 e. The van der Waals surface area contributed by atoms with Crippen LogP contribution >= 0.6 is 0 Å². The smallest absolute Gasteiger partial charge is 0.139 e. The van der Waals surface area contributed by atoms with Gasteiger partial charge in [-0.1, -0.05) is 109 Å². The molecule has 0 saturated heterocycles. The van der Waals surface area contributed by atoms with Crippen molar-refractivity contribution in [3.8, 4) is 39.8 Å². The first-order valence-electron chi connectivity index (χ1n) is 16.8. The van der Waals surface area contributed by atoms with E-state index >= 15 is 0 Å². The monoisotopic (exact) mass is 636 g/mol. The first-order chi connectivity index (χ1) is 24.7. The lowest BCUT2D eigenvalue weighted by molar-refractivity contribution is 1.10. The fourth-order valence-corrected chi connectivity index (χ4v) is 7.65. The molecule has 4 heteroatoms. The molecule has 10 rings (SSSR count). The highest BCUT2D eigenvalue weighted by atomic mass is 15.1. The van der Waals surface area contributed by atoms with Crippen LogP contribution in [-0.2, 0) is 0 Å². The van der Waals surface area contributed by atoms with E-state index in [2.05, 4.69) is 155 Å². The molecule has 3 aromatic heterocycles. The minimum atomic E-state index is 0.615. The molecule has 10 aromatic rings. The Balaban J connectivity index is 1.13. The number of pyridine rings is 1. The molecule has 0 N–H and O–H groups in total. The van der Waals surface area contributed by atoms with Crippen LogP contribution in [0, 0.1) is 11.3 Å². The summed E-state index contributed by atoms with van der Waals surface area (Å²) in [4.78, 5) is 5.06. The van der Waals surface area contributed by atoms with Crippen molar-refractivity contribution in [3.63, 3.8) is 0 Å². The van der Waals surface area contributed by atoms with Gasteiger partial charge in [-0.2, -0.15) is 5.26 Å². The van der Waals surface area contributed by atoms with Gasteiger partial charge in [0.2, 0.25) is 0 Å². The second kappa shape index (κ2) is 11.1. The molecule has 0 bridgehead atoms. The minimum absolute atomic E-state index is 0.615. The van der Waals surface area contributed by atoms with E-state index in [0.29, 0.717) is 5.56 Å². The van der Waals surface area contributed by atoms with Crippen LogP contribution in [0.15, 0.2) is 170 Å². The molecule has 232 valence electrons. The summed E-state index contributed by atoms with van der Waals surface area (Å²) in [6.07, 6.45) is 0. The summed E-state index contributed by atoms with van der Waals surface area (Å²) in [5.41, 5.74) is 11.7. The van der Waals surface area contributed by atoms with Crippen LogP contribution in [0.25, 0.3) is 88.3 Å². The Morgan fingerprint density at radius 1 is 0.400 bits per heavy atom. The Morgan fingerprint density at radius 3 is 1.76 bits per heavy atom. The summed E-state index contributed by atoms with van der Waals surface area (Å²) in [6.45, 7) is 0. The highest BCUT2D eigenvalue weighted by molar-refractivity contribution is 6.11. The first kappa shape index (κ1) is 28.1. The number of rotatable bonds is 4. The summed E-state index contributed by atoms with van der Waals surface area (Å²) in [7, 11) is 0. The zero-order valence-corrected chi connectivity index (χ0v) is 27.0. The zero-order valence-electron chi connectivity index (χ0n) is 27.0. The van der Waals surface area contributed by atoms with E-state index in [1.54, 1.807) is 0 Å². The largest absolute Gasteiger partial charge is 0.309 e. The summed E-state index contributed by atoms with van der Waals surface area (Å²) in [5.74, 6) is 0.736. The Kier molecular flexibility index (Phi) is 6.21. The lowest BCUT2D eigenvalue weighted by atomic mass is 9.97. The van der Waals surface area contributed by atoms with E-state index in [4.69, 9.17) is 4.98 Å². The standard InChI is InChI=1S/C46H28N4/c47-29-34-28-46(48-41-18-7-4-15-36(34)41)50-43-20-9-5-16-37(43)39-23-21-33(27-45(39)50)31-12-10-11-30(25-31)32-22-24-44-40(26-32)38-17-6-8-19-42(38)49(44)35-13-2-1-3-14-35/h1-28H. The molecule has 0 spiro atoms. The summed E-state index contributed by atoms with van der Waals surface area (Å²) >= 11 is 0. The molecule has 0 aliphatic carbocycles. The van der Waals surface area contributed by atoms with E-state index in [9.17, 15) is 5.26 Å². The molecule has 0 fully saturated rings. The van der Waals surface area contributed by atoms with Crippen molar-refractivity contribution in [2.75, 3.05) is 0 Å². The Labute approximate surface area is 288 Å². The van der Waals surface area contributed by atoms with E-state index in [1.165, 1.54) is 27.4 Å². The van der Waals surface area contributed by atoms with E-state index in [-0.39, 0.29) is 0 Å². The molecule has 0 radical (unpaired) electrons. The van der Waals surface area contributed by atoms with Crippen molar-refractivity contribution >= 4 is 54.5 Å². The normalized spacial score (nSPS) is 11.6. The van der Waals surface area contributed by atoms with Gasteiger partial charge >= 0.3 is 0 Å². The predicted molar refractivity (Wildman–Crippen MR) is 206 cm³/mol. The summed E-state index contributed by atoms with van der Waals surface area (Å²) in [5, 5.41) is 15.7. The highest BCUT2D eigenvalue weighted by Crippen LogP contribution is 2.38. The van der Waals surface area contributed by atoms with Crippen LogP contribution < -0.4 is 0 Å². The molecule has 0 amide bonds. The number of fused-ring (bicyclic) bond motifs is 7. The summed E-state index contributed by atoms with van der Waals surface area (Å²) < 4.78 is 4.55. The van der Waals surface area contributed by atoms with Crippen molar-refractivity contribution < 1.29 is 0 Å². The van der Waals surface area contributed by atoms with Crippen LogP contribution in [0.3, 0.4) is 0 Å². The van der Waals surface area contributed by atoms with Crippen molar-refractivity contribution in [2.45, 2.75) is 0 Å². The van der Waals surface area contributed by atoms with Crippen molar-refractivity contribution in [1.82, 2.24) is 14.1 Å². The minimum Gasteiger partial charge on any atom is -0.309 e. The predicted octanol–water partition coefficient (Wildman–Crippen LogP) is 11.6. The summed E-state index contributed by atoms with van der Waals surface area (Å²) in [6, 6.07) is 62.1. The SMILES string of the molecule is N#Cc1cc(-n2c3ccccc3c3ccc(-c4cccc(-c5ccc6c(c5)c5ccccc5n6-c5ccccc5)c4)cc32)nc2ccccc12. The average molecular weight is 637 g/mol. The number of hydrogen-bond donors (Lipinski definition) is 0.